The van der Waals surface area contributed by atoms with Crippen molar-refractivity contribution in [2.75, 3.05) is 20.3 Å². The van der Waals surface area contributed by atoms with Gasteiger partial charge in [0.25, 0.3) is 0 Å². The normalized spacial score (nSPS) is 21.0. The summed E-state index contributed by atoms with van der Waals surface area (Å²) in [5, 5.41) is 3.61. The van der Waals surface area contributed by atoms with Gasteiger partial charge in [0.05, 0.1) is 0 Å². The number of hydrogen-bond donors (Lipinski definition) is 1. The Balaban J connectivity index is 2.00. The molecule has 0 amide bonds. The first-order valence-electron chi connectivity index (χ1n) is 6.05. The third-order valence-electron chi connectivity index (χ3n) is 3.23. The summed E-state index contributed by atoms with van der Waals surface area (Å²) in [6.45, 7) is 4.34. The highest BCUT2D eigenvalue weighted by Crippen LogP contribution is 2.22. The van der Waals surface area contributed by atoms with Crippen LogP contribution in [0.25, 0.3) is 0 Å². The van der Waals surface area contributed by atoms with Gasteiger partial charge in [-0.15, -0.1) is 0 Å². The van der Waals surface area contributed by atoms with Crippen LogP contribution in [-0.4, -0.2) is 26.3 Å². The zero-order valence-corrected chi connectivity index (χ0v) is 9.72. The smallest absolute Gasteiger partial charge is 0.0476 e. The summed E-state index contributed by atoms with van der Waals surface area (Å²) in [5.74, 6) is 0.939. The van der Waals surface area contributed by atoms with Crippen LogP contribution in [0.15, 0.2) is 0 Å². The van der Waals surface area contributed by atoms with Crippen molar-refractivity contribution in [3.63, 3.8) is 0 Å². The summed E-state index contributed by atoms with van der Waals surface area (Å²) in [5.41, 5.74) is 0. The van der Waals surface area contributed by atoms with E-state index >= 15 is 0 Å². The van der Waals surface area contributed by atoms with Crippen LogP contribution in [0.1, 0.15) is 45.4 Å². The van der Waals surface area contributed by atoms with Gasteiger partial charge in [-0.1, -0.05) is 19.3 Å². The van der Waals surface area contributed by atoms with Crippen LogP contribution >= 0.6 is 0 Å². The number of nitrogens with one attached hydrogen (secondary N) is 1. The molecule has 1 aliphatic carbocycles. The average molecular weight is 199 g/mol. The SMILES string of the molecule is COCCC(C)NCC1CCCCC1. The monoisotopic (exact) mass is 199 g/mol. The highest BCUT2D eigenvalue weighted by molar-refractivity contribution is 4.70. The highest BCUT2D eigenvalue weighted by Gasteiger charge is 2.13. The van der Waals surface area contributed by atoms with Gasteiger partial charge in [0, 0.05) is 19.8 Å². The van der Waals surface area contributed by atoms with E-state index in [-0.39, 0.29) is 0 Å². The Kier molecular flexibility index (Phi) is 6.20. The maximum absolute atomic E-state index is 5.06. The molecule has 0 heterocycles. The van der Waals surface area contributed by atoms with Gasteiger partial charge in [-0.25, -0.2) is 0 Å². The fourth-order valence-electron chi connectivity index (χ4n) is 2.16. The molecular weight excluding hydrogens is 174 g/mol. The van der Waals surface area contributed by atoms with E-state index in [1.165, 1.54) is 38.6 Å². The van der Waals surface area contributed by atoms with Gasteiger partial charge in [0.1, 0.15) is 0 Å². The van der Waals surface area contributed by atoms with E-state index in [4.69, 9.17) is 4.74 Å². The summed E-state index contributed by atoms with van der Waals surface area (Å²) in [4.78, 5) is 0. The van der Waals surface area contributed by atoms with E-state index in [2.05, 4.69) is 12.2 Å². The Morgan fingerprint density at radius 2 is 2.00 bits per heavy atom. The van der Waals surface area contributed by atoms with E-state index in [0.717, 1.165) is 18.9 Å². The average Bonchev–Trinajstić information content (AvgIpc) is 2.25. The third-order valence-corrected chi connectivity index (χ3v) is 3.23. The van der Waals surface area contributed by atoms with Crippen LogP contribution in [0.4, 0.5) is 0 Å². The standard InChI is InChI=1S/C12H25NO/c1-11(8-9-14-2)13-10-12-6-4-3-5-7-12/h11-13H,3-10H2,1-2H3. The lowest BCUT2D eigenvalue weighted by Gasteiger charge is -2.24. The van der Waals surface area contributed by atoms with E-state index < -0.39 is 0 Å². The van der Waals surface area contributed by atoms with Crippen molar-refractivity contribution >= 4 is 0 Å². The van der Waals surface area contributed by atoms with E-state index in [1.807, 2.05) is 0 Å². The molecule has 0 spiro atoms. The van der Waals surface area contributed by atoms with Gasteiger partial charge in [-0.05, 0) is 38.6 Å². The molecule has 1 atom stereocenters. The molecule has 1 aliphatic rings. The van der Waals surface area contributed by atoms with Gasteiger partial charge >= 0.3 is 0 Å². The highest BCUT2D eigenvalue weighted by atomic mass is 16.5. The molecule has 2 heteroatoms. The largest absolute Gasteiger partial charge is 0.385 e. The Labute approximate surface area is 88.4 Å². The Hall–Kier alpha value is -0.0800. The zero-order chi connectivity index (χ0) is 10.2. The van der Waals surface area contributed by atoms with E-state index in [9.17, 15) is 0 Å². The number of ether oxygens (including phenoxy) is 1. The fraction of sp³-hybridized carbons (Fsp3) is 1.00. The minimum atomic E-state index is 0.608. The number of rotatable bonds is 6. The fourth-order valence-corrected chi connectivity index (χ4v) is 2.16. The topological polar surface area (TPSA) is 21.3 Å². The number of methoxy groups -OCH3 is 1. The molecule has 1 N–H and O–H groups in total. The molecule has 0 bridgehead atoms. The molecule has 84 valence electrons. The van der Waals surface area contributed by atoms with Gasteiger partial charge in [-0.2, -0.15) is 0 Å². The minimum Gasteiger partial charge on any atom is -0.385 e. The third kappa shape index (κ3) is 4.97. The van der Waals surface area contributed by atoms with Crippen molar-refractivity contribution in [2.45, 2.75) is 51.5 Å². The second-order valence-electron chi connectivity index (χ2n) is 4.59. The zero-order valence-electron chi connectivity index (χ0n) is 9.72. The van der Waals surface area contributed by atoms with Crippen LogP contribution in [0.3, 0.4) is 0 Å². The van der Waals surface area contributed by atoms with Crippen LogP contribution in [0, 0.1) is 5.92 Å². The summed E-state index contributed by atoms with van der Waals surface area (Å²) >= 11 is 0. The van der Waals surface area contributed by atoms with Crippen molar-refractivity contribution in [3.05, 3.63) is 0 Å². The van der Waals surface area contributed by atoms with Crippen LogP contribution in [0.2, 0.25) is 0 Å². The molecule has 1 saturated carbocycles. The Bertz CT molecular complexity index is 132. The summed E-state index contributed by atoms with van der Waals surface area (Å²) in [6.07, 6.45) is 8.34. The maximum Gasteiger partial charge on any atom is 0.0476 e. The molecule has 1 rings (SSSR count). The van der Waals surface area contributed by atoms with E-state index in [1.54, 1.807) is 7.11 Å². The first-order valence-corrected chi connectivity index (χ1v) is 6.05. The quantitative estimate of drug-likeness (QED) is 0.710. The molecular formula is C12H25NO. The van der Waals surface area contributed by atoms with Gasteiger partial charge in [0.2, 0.25) is 0 Å². The van der Waals surface area contributed by atoms with Crippen LogP contribution in [-0.2, 0) is 4.74 Å². The first-order chi connectivity index (χ1) is 6.83. The summed E-state index contributed by atoms with van der Waals surface area (Å²) in [7, 11) is 1.77. The number of hydrogen-bond acceptors (Lipinski definition) is 2. The van der Waals surface area contributed by atoms with Crippen molar-refractivity contribution in [1.29, 1.82) is 0 Å². The molecule has 0 aromatic heterocycles. The van der Waals surface area contributed by atoms with E-state index in [0.29, 0.717) is 6.04 Å². The van der Waals surface area contributed by atoms with Gasteiger partial charge in [0.15, 0.2) is 0 Å². The second kappa shape index (κ2) is 7.24. The lowest BCUT2D eigenvalue weighted by molar-refractivity contribution is 0.183. The van der Waals surface area contributed by atoms with Gasteiger partial charge < -0.3 is 10.1 Å². The maximum atomic E-state index is 5.06. The predicted molar refractivity (Wildman–Crippen MR) is 60.5 cm³/mol. The van der Waals surface area contributed by atoms with Crippen LogP contribution < -0.4 is 5.32 Å². The van der Waals surface area contributed by atoms with Crippen molar-refractivity contribution in [1.82, 2.24) is 5.32 Å². The molecule has 0 saturated heterocycles. The minimum absolute atomic E-state index is 0.608. The molecule has 1 fully saturated rings. The predicted octanol–water partition coefficient (Wildman–Crippen LogP) is 2.58. The van der Waals surface area contributed by atoms with Crippen LogP contribution in [0.5, 0.6) is 0 Å². The Morgan fingerprint density at radius 3 is 2.64 bits per heavy atom. The van der Waals surface area contributed by atoms with Crippen molar-refractivity contribution in [2.24, 2.45) is 5.92 Å². The second-order valence-corrected chi connectivity index (χ2v) is 4.59. The Morgan fingerprint density at radius 1 is 1.29 bits per heavy atom. The van der Waals surface area contributed by atoms with Gasteiger partial charge in [-0.3, -0.25) is 0 Å². The molecule has 0 aromatic rings. The lowest BCUT2D eigenvalue weighted by Crippen LogP contribution is -2.32. The summed E-state index contributed by atoms with van der Waals surface area (Å²) in [6, 6.07) is 0.608. The molecule has 2 nitrogen and oxygen atoms in total. The molecule has 0 aliphatic heterocycles. The molecule has 14 heavy (non-hydrogen) atoms. The summed E-state index contributed by atoms with van der Waals surface area (Å²) < 4.78 is 5.06. The molecule has 0 radical (unpaired) electrons. The first kappa shape index (κ1) is 12.0. The lowest BCUT2D eigenvalue weighted by atomic mass is 9.89. The molecule has 1 unspecified atom stereocenters. The molecule has 0 aromatic carbocycles. The van der Waals surface area contributed by atoms with Crippen molar-refractivity contribution < 1.29 is 4.74 Å². The van der Waals surface area contributed by atoms with Crippen molar-refractivity contribution in [3.8, 4) is 0 Å².